The molecule has 0 spiro atoms. The maximum absolute atomic E-state index is 13.9. The molecule has 0 bridgehead atoms. The first kappa shape index (κ1) is 17.2. The SMILES string of the molecule is C[C@@H]1C[C@H](Nc2cc(F)c(C(=O)O)cc2[N+](=O)[O-])CC(C)(C)C1. The molecule has 1 aromatic rings. The summed E-state index contributed by atoms with van der Waals surface area (Å²) in [5.74, 6) is -2.04. The highest BCUT2D eigenvalue weighted by Gasteiger charge is 2.33. The van der Waals surface area contributed by atoms with Crippen LogP contribution in [-0.4, -0.2) is 22.0 Å². The molecule has 0 heterocycles. The van der Waals surface area contributed by atoms with Gasteiger partial charge in [-0.1, -0.05) is 20.8 Å². The summed E-state index contributed by atoms with van der Waals surface area (Å²) in [5.41, 5.74) is -0.976. The second-order valence-electron chi connectivity index (χ2n) is 7.17. The first-order chi connectivity index (χ1) is 10.6. The van der Waals surface area contributed by atoms with Gasteiger partial charge in [-0.05, 0) is 30.6 Å². The molecule has 0 saturated heterocycles. The molecule has 1 saturated carbocycles. The van der Waals surface area contributed by atoms with E-state index in [1.54, 1.807) is 0 Å². The van der Waals surface area contributed by atoms with Crippen molar-refractivity contribution in [2.45, 2.75) is 46.1 Å². The van der Waals surface area contributed by atoms with E-state index in [9.17, 15) is 19.3 Å². The van der Waals surface area contributed by atoms with Gasteiger partial charge in [0.1, 0.15) is 17.1 Å². The van der Waals surface area contributed by atoms with Crippen LogP contribution in [0, 0.1) is 27.3 Å². The van der Waals surface area contributed by atoms with Gasteiger partial charge in [0.15, 0.2) is 0 Å². The first-order valence-corrected chi connectivity index (χ1v) is 7.57. The van der Waals surface area contributed by atoms with Crippen molar-refractivity contribution in [1.82, 2.24) is 0 Å². The van der Waals surface area contributed by atoms with Crippen LogP contribution < -0.4 is 5.32 Å². The smallest absolute Gasteiger partial charge is 0.338 e. The van der Waals surface area contributed by atoms with Crippen molar-refractivity contribution in [3.8, 4) is 0 Å². The second kappa shape index (κ2) is 6.14. The summed E-state index contributed by atoms with van der Waals surface area (Å²) in [6.07, 6.45) is 2.72. The molecule has 2 rings (SSSR count). The van der Waals surface area contributed by atoms with E-state index in [-0.39, 0.29) is 17.1 Å². The molecule has 0 amide bonds. The largest absolute Gasteiger partial charge is 0.478 e. The fraction of sp³-hybridized carbons (Fsp3) is 0.562. The third kappa shape index (κ3) is 3.97. The number of anilines is 1. The molecular weight excluding hydrogens is 303 g/mol. The Morgan fingerprint density at radius 2 is 2.09 bits per heavy atom. The minimum Gasteiger partial charge on any atom is -0.478 e. The maximum Gasteiger partial charge on any atom is 0.338 e. The van der Waals surface area contributed by atoms with E-state index in [1.807, 2.05) is 0 Å². The van der Waals surface area contributed by atoms with Crippen molar-refractivity contribution < 1.29 is 19.2 Å². The molecule has 1 fully saturated rings. The summed E-state index contributed by atoms with van der Waals surface area (Å²) in [6, 6.07) is 1.67. The van der Waals surface area contributed by atoms with Gasteiger partial charge in [-0.3, -0.25) is 10.1 Å². The summed E-state index contributed by atoms with van der Waals surface area (Å²) in [5, 5.41) is 23.1. The van der Waals surface area contributed by atoms with Crippen molar-refractivity contribution in [1.29, 1.82) is 0 Å². The summed E-state index contributed by atoms with van der Waals surface area (Å²) in [7, 11) is 0. The number of benzene rings is 1. The Balaban J connectivity index is 2.34. The molecule has 1 aliphatic carbocycles. The van der Waals surface area contributed by atoms with Crippen molar-refractivity contribution in [3.05, 3.63) is 33.6 Å². The highest BCUT2D eigenvalue weighted by atomic mass is 19.1. The van der Waals surface area contributed by atoms with Crippen LogP contribution in [0.4, 0.5) is 15.8 Å². The molecule has 0 aromatic heterocycles. The van der Waals surface area contributed by atoms with Gasteiger partial charge < -0.3 is 10.4 Å². The Morgan fingerprint density at radius 1 is 1.43 bits per heavy atom. The van der Waals surface area contributed by atoms with E-state index in [1.165, 1.54) is 0 Å². The zero-order valence-corrected chi connectivity index (χ0v) is 13.4. The van der Waals surface area contributed by atoms with Gasteiger partial charge in [0.25, 0.3) is 5.69 Å². The Labute approximate surface area is 133 Å². The molecule has 2 N–H and O–H groups in total. The molecular formula is C16H21FN2O4. The fourth-order valence-electron chi connectivity index (χ4n) is 3.67. The van der Waals surface area contributed by atoms with E-state index in [0.29, 0.717) is 5.92 Å². The number of carboxylic acids is 1. The standard InChI is InChI=1S/C16H21FN2O4/c1-9-4-10(8-16(2,3)7-9)18-13-6-12(17)11(15(20)21)5-14(13)19(22)23/h5-6,9-10,18H,4,7-8H2,1-3H3,(H,20,21)/t9-,10+/m1/s1. The van der Waals surface area contributed by atoms with Crippen LogP contribution in [0.3, 0.4) is 0 Å². The fourth-order valence-corrected chi connectivity index (χ4v) is 3.67. The van der Waals surface area contributed by atoms with Gasteiger partial charge in [0.05, 0.1) is 4.92 Å². The van der Waals surface area contributed by atoms with Crippen molar-refractivity contribution in [3.63, 3.8) is 0 Å². The average molecular weight is 324 g/mol. The highest BCUT2D eigenvalue weighted by molar-refractivity contribution is 5.90. The van der Waals surface area contributed by atoms with E-state index >= 15 is 0 Å². The van der Waals surface area contributed by atoms with Crippen molar-refractivity contribution in [2.75, 3.05) is 5.32 Å². The lowest BCUT2D eigenvalue weighted by Crippen LogP contribution is -2.35. The number of nitro benzene ring substituents is 1. The topological polar surface area (TPSA) is 92.5 Å². The van der Waals surface area contributed by atoms with Crippen LogP contribution in [0.15, 0.2) is 12.1 Å². The number of carboxylic acid groups (broad SMARTS) is 1. The van der Waals surface area contributed by atoms with Crippen molar-refractivity contribution in [2.24, 2.45) is 11.3 Å². The monoisotopic (exact) mass is 324 g/mol. The molecule has 7 heteroatoms. The predicted octanol–water partition coefficient (Wildman–Crippen LogP) is 4.06. The third-order valence-electron chi connectivity index (χ3n) is 4.26. The number of hydrogen-bond donors (Lipinski definition) is 2. The van der Waals surface area contributed by atoms with Crippen LogP contribution in [-0.2, 0) is 0 Å². The van der Waals surface area contributed by atoms with Gasteiger partial charge in [-0.25, -0.2) is 9.18 Å². The van der Waals surface area contributed by atoms with Crippen LogP contribution >= 0.6 is 0 Å². The number of aromatic carboxylic acids is 1. The molecule has 1 aliphatic rings. The number of carbonyl (C=O) groups is 1. The Morgan fingerprint density at radius 3 is 2.61 bits per heavy atom. The summed E-state index contributed by atoms with van der Waals surface area (Å²) >= 11 is 0. The number of nitrogens with zero attached hydrogens (tertiary/aromatic N) is 1. The number of hydrogen-bond acceptors (Lipinski definition) is 4. The van der Waals surface area contributed by atoms with Crippen LogP contribution in [0.25, 0.3) is 0 Å². The quantitative estimate of drug-likeness (QED) is 0.643. The van der Waals surface area contributed by atoms with Crippen LogP contribution in [0.5, 0.6) is 0 Å². The van der Waals surface area contributed by atoms with Gasteiger partial charge >= 0.3 is 5.97 Å². The lowest BCUT2D eigenvalue weighted by Gasteiger charge is -2.39. The Bertz CT molecular complexity index is 645. The second-order valence-corrected chi connectivity index (χ2v) is 7.17. The Kier molecular flexibility index (Phi) is 4.58. The number of nitrogens with one attached hydrogen (secondary N) is 1. The molecule has 2 atom stereocenters. The van der Waals surface area contributed by atoms with Gasteiger partial charge in [-0.2, -0.15) is 0 Å². The normalized spacial score (nSPS) is 23.3. The zero-order valence-electron chi connectivity index (χ0n) is 13.4. The van der Waals surface area contributed by atoms with Gasteiger partial charge in [-0.15, -0.1) is 0 Å². The molecule has 126 valence electrons. The number of nitro groups is 1. The van der Waals surface area contributed by atoms with E-state index in [0.717, 1.165) is 31.4 Å². The molecule has 1 aromatic carbocycles. The molecule has 6 nitrogen and oxygen atoms in total. The predicted molar refractivity (Wildman–Crippen MR) is 84.2 cm³/mol. The summed E-state index contributed by atoms with van der Waals surface area (Å²) < 4.78 is 13.9. The zero-order chi connectivity index (χ0) is 17.4. The molecule has 23 heavy (non-hydrogen) atoms. The molecule has 0 unspecified atom stereocenters. The maximum atomic E-state index is 13.9. The lowest BCUT2D eigenvalue weighted by atomic mass is 9.70. The van der Waals surface area contributed by atoms with Crippen LogP contribution in [0.1, 0.15) is 50.4 Å². The van der Waals surface area contributed by atoms with Crippen LogP contribution in [0.2, 0.25) is 0 Å². The minimum absolute atomic E-state index is 0.0115. The van der Waals surface area contributed by atoms with Gasteiger partial charge in [0, 0.05) is 18.2 Å². The number of rotatable bonds is 4. The molecule has 0 radical (unpaired) electrons. The molecule has 0 aliphatic heterocycles. The van der Waals surface area contributed by atoms with E-state index in [4.69, 9.17) is 5.11 Å². The summed E-state index contributed by atoms with van der Waals surface area (Å²) in [6.45, 7) is 6.40. The van der Waals surface area contributed by atoms with Crippen molar-refractivity contribution >= 4 is 17.3 Å². The van der Waals surface area contributed by atoms with Gasteiger partial charge in [0.2, 0.25) is 0 Å². The van der Waals surface area contributed by atoms with E-state index < -0.39 is 28.0 Å². The van der Waals surface area contributed by atoms with E-state index in [2.05, 4.69) is 26.1 Å². The highest BCUT2D eigenvalue weighted by Crippen LogP contribution is 2.40. The Hall–Kier alpha value is -2.18. The first-order valence-electron chi connectivity index (χ1n) is 7.57. The average Bonchev–Trinajstić information content (AvgIpc) is 2.35. The third-order valence-corrected chi connectivity index (χ3v) is 4.26. The number of halogens is 1. The lowest BCUT2D eigenvalue weighted by molar-refractivity contribution is -0.384. The minimum atomic E-state index is -1.52. The summed E-state index contributed by atoms with van der Waals surface area (Å²) in [4.78, 5) is 21.4.